The molecule has 3 N–H and O–H groups in total. The van der Waals surface area contributed by atoms with Gasteiger partial charge in [-0.1, -0.05) is 12.1 Å². The van der Waals surface area contributed by atoms with E-state index in [1.165, 1.54) is 0 Å². The Kier molecular flexibility index (Phi) is 3.80. The fraction of sp³-hybridized carbons (Fsp3) is 0.231. The molecular weight excluding hydrogens is 216 g/mol. The molecule has 0 amide bonds. The molecule has 1 aromatic heterocycles. The molecule has 1 heterocycles. The van der Waals surface area contributed by atoms with Crippen LogP contribution in [-0.2, 0) is 6.42 Å². The van der Waals surface area contributed by atoms with Crippen LogP contribution in [0.5, 0.6) is 5.75 Å². The maximum atomic E-state index is 5.58. The first-order chi connectivity index (χ1) is 8.33. The van der Waals surface area contributed by atoms with Gasteiger partial charge in [-0.05, 0) is 35.7 Å². The van der Waals surface area contributed by atoms with Crippen LogP contribution in [0.25, 0.3) is 0 Å². The third-order valence-electron chi connectivity index (χ3n) is 2.74. The highest BCUT2D eigenvalue weighted by Crippen LogP contribution is 2.20. The van der Waals surface area contributed by atoms with Gasteiger partial charge < -0.3 is 9.15 Å². The lowest BCUT2D eigenvalue weighted by Crippen LogP contribution is -2.29. The lowest BCUT2D eigenvalue weighted by Gasteiger charge is -2.15. The topological polar surface area (TPSA) is 60.4 Å². The van der Waals surface area contributed by atoms with Crippen molar-refractivity contribution in [3.63, 3.8) is 0 Å². The van der Waals surface area contributed by atoms with Crippen LogP contribution < -0.4 is 16.0 Å². The van der Waals surface area contributed by atoms with Crippen LogP contribution in [0.1, 0.15) is 17.2 Å². The highest BCUT2D eigenvalue weighted by molar-refractivity contribution is 5.30. The van der Waals surface area contributed by atoms with Crippen molar-refractivity contribution in [2.45, 2.75) is 12.5 Å². The fourth-order valence-electron chi connectivity index (χ4n) is 1.75. The number of hydrazine groups is 1. The first kappa shape index (κ1) is 11.7. The van der Waals surface area contributed by atoms with Crippen molar-refractivity contribution in [3.05, 3.63) is 54.0 Å². The molecule has 4 nitrogen and oxygen atoms in total. The SMILES string of the molecule is COc1ccc(C(Cc2ccoc2)NN)cc1. The molecule has 0 aliphatic heterocycles. The van der Waals surface area contributed by atoms with Gasteiger partial charge >= 0.3 is 0 Å². The van der Waals surface area contributed by atoms with Crippen molar-refractivity contribution in [2.75, 3.05) is 7.11 Å². The number of nitrogens with two attached hydrogens (primary N) is 1. The maximum absolute atomic E-state index is 5.58. The molecule has 2 rings (SSSR count). The number of hydrogen-bond acceptors (Lipinski definition) is 4. The van der Waals surface area contributed by atoms with E-state index in [1.807, 2.05) is 30.3 Å². The van der Waals surface area contributed by atoms with Gasteiger partial charge in [0.1, 0.15) is 5.75 Å². The third kappa shape index (κ3) is 2.87. The van der Waals surface area contributed by atoms with Gasteiger partial charge in [0.25, 0.3) is 0 Å². The van der Waals surface area contributed by atoms with Crippen molar-refractivity contribution in [2.24, 2.45) is 5.84 Å². The van der Waals surface area contributed by atoms with Gasteiger partial charge in [0, 0.05) is 0 Å². The first-order valence-electron chi connectivity index (χ1n) is 5.44. The molecule has 1 unspecified atom stereocenters. The number of methoxy groups -OCH3 is 1. The Labute approximate surface area is 100 Å². The second-order valence-corrected chi connectivity index (χ2v) is 3.83. The standard InChI is InChI=1S/C13H16N2O2/c1-16-12-4-2-11(3-5-12)13(15-14)8-10-6-7-17-9-10/h2-7,9,13,15H,8,14H2,1H3. The molecule has 4 heteroatoms. The molecule has 0 aliphatic rings. The molecule has 1 atom stereocenters. The van der Waals surface area contributed by atoms with E-state index in [1.54, 1.807) is 19.6 Å². The molecule has 0 radical (unpaired) electrons. The second-order valence-electron chi connectivity index (χ2n) is 3.83. The Morgan fingerprint density at radius 3 is 2.59 bits per heavy atom. The van der Waals surface area contributed by atoms with Crippen LogP contribution in [0.15, 0.2) is 47.3 Å². The predicted octanol–water partition coefficient (Wildman–Crippen LogP) is 2.04. The highest BCUT2D eigenvalue weighted by Gasteiger charge is 2.11. The van der Waals surface area contributed by atoms with Crippen LogP contribution in [-0.4, -0.2) is 7.11 Å². The Bertz CT molecular complexity index is 437. The Morgan fingerprint density at radius 2 is 2.06 bits per heavy atom. The molecule has 0 saturated heterocycles. The Morgan fingerprint density at radius 1 is 1.29 bits per heavy atom. The summed E-state index contributed by atoms with van der Waals surface area (Å²) < 4.78 is 10.2. The average molecular weight is 232 g/mol. The first-order valence-corrected chi connectivity index (χ1v) is 5.44. The molecule has 0 spiro atoms. The molecule has 0 saturated carbocycles. The second kappa shape index (κ2) is 5.52. The monoisotopic (exact) mass is 232 g/mol. The summed E-state index contributed by atoms with van der Waals surface area (Å²) >= 11 is 0. The van der Waals surface area contributed by atoms with Crippen LogP contribution in [0.2, 0.25) is 0 Å². The van der Waals surface area contributed by atoms with Crippen LogP contribution in [0, 0.1) is 0 Å². The van der Waals surface area contributed by atoms with E-state index >= 15 is 0 Å². The van der Waals surface area contributed by atoms with Gasteiger partial charge in [0.05, 0.1) is 25.7 Å². The van der Waals surface area contributed by atoms with Gasteiger partial charge in [-0.15, -0.1) is 0 Å². The number of benzene rings is 1. The van der Waals surface area contributed by atoms with Gasteiger partial charge in [-0.2, -0.15) is 0 Å². The Balaban J connectivity index is 2.11. The minimum atomic E-state index is 0.0681. The molecule has 90 valence electrons. The van der Waals surface area contributed by atoms with E-state index in [4.69, 9.17) is 15.0 Å². The number of furan rings is 1. The van der Waals surface area contributed by atoms with Crippen molar-refractivity contribution < 1.29 is 9.15 Å². The summed E-state index contributed by atoms with van der Waals surface area (Å²) in [5.41, 5.74) is 5.05. The van der Waals surface area contributed by atoms with Crippen LogP contribution >= 0.6 is 0 Å². The highest BCUT2D eigenvalue weighted by atomic mass is 16.5. The quantitative estimate of drug-likeness (QED) is 0.611. The summed E-state index contributed by atoms with van der Waals surface area (Å²) in [6.07, 6.45) is 4.18. The average Bonchev–Trinajstić information content (AvgIpc) is 2.89. The van der Waals surface area contributed by atoms with Gasteiger partial charge in [-0.3, -0.25) is 11.3 Å². The Hall–Kier alpha value is -1.78. The zero-order valence-electron chi connectivity index (χ0n) is 9.72. The minimum absolute atomic E-state index is 0.0681. The summed E-state index contributed by atoms with van der Waals surface area (Å²) in [6, 6.07) is 9.86. The summed E-state index contributed by atoms with van der Waals surface area (Å²) in [5.74, 6) is 6.42. The summed E-state index contributed by atoms with van der Waals surface area (Å²) in [5, 5.41) is 0. The van der Waals surface area contributed by atoms with E-state index in [0.29, 0.717) is 0 Å². The number of hydrogen-bond donors (Lipinski definition) is 2. The van der Waals surface area contributed by atoms with E-state index in [0.717, 1.165) is 23.3 Å². The molecule has 2 aromatic rings. The van der Waals surface area contributed by atoms with E-state index in [2.05, 4.69) is 5.43 Å². The maximum Gasteiger partial charge on any atom is 0.118 e. The third-order valence-corrected chi connectivity index (χ3v) is 2.74. The molecular formula is C13H16N2O2. The summed E-state index contributed by atoms with van der Waals surface area (Å²) in [7, 11) is 1.65. The van der Waals surface area contributed by atoms with Gasteiger partial charge in [0.2, 0.25) is 0 Å². The van der Waals surface area contributed by atoms with E-state index in [9.17, 15) is 0 Å². The lowest BCUT2D eigenvalue weighted by atomic mass is 10.0. The van der Waals surface area contributed by atoms with E-state index < -0.39 is 0 Å². The summed E-state index contributed by atoms with van der Waals surface area (Å²) in [6.45, 7) is 0. The number of rotatable bonds is 5. The van der Waals surface area contributed by atoms with E-state index in [-0.39, 0.29) is 6.04 Å². The van der Waals surface area contributed by atoms with Crippen molar-refractivity contribution in [1.29, 1.82) is 0 Å². The van der Waals surface area contributed by atoms with Crippen LogP contribution in [0.4, 0.5) is 0 Å². The molecule has 1 aromatic carbocycles. The van der Waals surface area contributed by atoms with Crippen molar-refractivity contribution >= 4 is 0 Å². The van der Waals surface area contributed by atoms with Crippen molar-refractivity contribution in [1.82, 2.24) is 5.43 Å². The van der Waals surface area contributed by atoms with Gasteiger partial charge in [-0.25, -0.2) is 0 Å². The largest absolute Gasteiger partial charge is 0.497 e. The van der Waals surface area contributed by atoms with Crippen molar-refractivity contribution in [3.8, 4) is 5.75 Å². The van der Waals surface area contributed by atoms with Gasteiger partial charge in [0.15, 0.2) is 0 Å². The smallest absolute Gasteiger partial charge is 0.118 e. The lowest BCUT2D eigenvalue weighted by molar-refractivity contribution is 0.414. The normalized spacial score (nSPS) is 12.4. The predicted molar refractivity (Wildman–Crippen MR) is 65.5 cm³/mol. The zero-order chi connectivity index (χ0) is 12.1. The summed E-state index contributed by atoms with van der Waals surface area (Å²) in [4.78, 5) is 0. The molecule has 0 fully saturated rings. The number of ether oxygens (including phenoxy) is 1. The van der Waals surface area contributed by atoms with Crippen LogP contribution in [0.3, 0.4) is 0 Å². The number of nitrogens with one attached hydrogen (secondary N) is 1. The molecule has 17 heavy (non-hydrogen) atoms. The minimum Gasteiger partial charge on any atom is -0.497 e. The fourth-order valence-corrected chi connectivity index (χ4v) is 1.75. The zero-order valence-corrected chi connectivity index (χ0v) is 9.72. The molecule has 0 bridgehead atoms. The molecule has 0 aliphatic carbocycles.